The normalized spacial score (nSPS) is 16.5. The fraction of sp³-hybridized carbons (Fsp3) is 0.636. The molecule has 2 rings (SSSR count). The number of nitrogens with one attached hydrogen (secondary N) is 1. The van der Waals surface area contributed by atoms with Gasteiger partial charge in [0.1, 0.15) is 5.82 Å². The van der Waals surface area contributed by atoms with Gasteiger partial charge >= 0.3 is 0 Å². The summed E-state index contributed by atoms with van der Waals surface area (Å²) >= 11 is 0. The van der Waals surface area contributed by atoms with Gasteiger partial charge in [-0.1, -0.05) is 20.8 Å². The third kappa shape index (κ3) is 1.77. The molecule has 1 aliphatic rings. The number of fused-ring (bicyclic) bond motifs is 1. The Morgan fingerprint density at radius 2 is 2.14 bits per heavy atom. The molecule has 1 aliphatic heterocycles. The van der Waals surface area contributed by atoms with Crippen LogP contribution >= 0.6 is 0 Å². The van der Waals surface area contributed by atoms with Crippen molar-refractivity contribution >= 4 is 0 Å². The molecule has 3 nitrogen and oxygen atoms in total. The van der Waals surface area contributed by atoms with Gasteiger partial charge in [0.25, 0.3) is 0 Å². The predicted octanol–water partition coefficient (Wildman–Crippen LogP) is 1.42. The maximum Gasteiger partial charge on any atom is 0.133 e. The van der Waals surface area contributed by atoms with Gasteiger partial charge in [-0.15, -0.1) is 0 Å². The summed E-state index contributed by atoms with van der Waals surface area (Å²) in [5.74, 6) is 0.957. The molecule has 14 heavy (non-hydrogen) atoms. The second-order valence-corrected chi connectivity index (χ2v) is 4.84. The third-order valence-corrected chi connectivity index (χ3v) is 2.48. The number of aromatic nitrogens is 2. The lowest BCUT2D eigenvalue weighted by molar-refractivity contribution is 0.529. The van der Waals surface area contributed by atoms with E-state index in [0.29, 0.717) is 0 Å². The monoisotopic (exact) mass is 191 g/mol. The van der Waals surface area contributed by atoms with Crippen LogP contribution in [0.15, 0.2) is 6.20 Å². The first kappa shape index (κ1) is 9.59. The molecule has 1 aromatic rings. The smallest absolute Gasteiger partial charge is 0.133 e. The molecule has 0 aromatic carbocycles. The van der Waals surface area contributed by atoms with E-state index in [4.69, 9.17) is 0 Å². The standard InChI is InChI=1S/C11H17N3/c1-11(2,3)10-13-7-8-6-12-5-4-9(8)14-10/h7,12H,4-6H2,1-3H3. The molecule has 2 heterocycles. The van der Waals surface area contributed by atoms with Gasteiger partial charge in [0.15, 0.2) is 0 Å². The molecule has 1 N–H and O–H groups in total. The Morgan fingerprint density at radius 1 is 1.36 bits per heavy atom. The zero-order valence-corrected chi connectivity index (χ0v) is 9.09. The van der Waals surface area contributed by atoms with Crippen molar-refractivity contribution < 1.29 is 0 Å². The zero-order valence-electron chi connectivity index (χ0n) is 9.09. The van der Waals surface area contributed by atoms with Gasteiger partial charge in [0, 0.05) is 42.4 Å². The molecule has 0 radical (unpaired) electrons. The molecule has 0 spiro atoms. The Bertz CT molecular complexity index is 339. The van der Waals surface area contributed by atoms with E-state index in [1.54, 1.807) is 0 Å². The molecule has 0 saturated carbocycles. The van der Waals surface area contributed by atoms with E-state index in [1.165, 1.54) is 11.3 Å². The van der Waals surface area contributed by atoms with Crippen molar-refractivity contribution in [3.63, 3.8) is 0 Å². The predicted molar refractivity (Wildman–Crippen MR) is 56.1 cm³/mol. The van der Waals surface area contributed by atoms with Crippen LogP contribution in [0.25, 0.3) is 0 Å². The van der Waals surface area contributed by atoms with E-state index in [0.717, 1.165) is 25.3 Å². The first-order valence-electron chi connectivity index (χ1n) is 5.13. The fourth-order valence-corrected chi connectivity index (χ4v) is 1.60. The van der Waals surface area contributed by atoms with Gasteiger partial charge in [-0.2, -0.15) is 0 Å². The van der Waals surface area contributed by atoms with Crippen molar-refractivity contribution in [1.29, 1.82) is 0 Å². The maximum absolute atomic E-state index is 4.63. The summed E-state index contributed by atoms with van der Waals surface area (Å²) in [5.41, 5.74) is 2.54. The van der Waals surface area contributed by atoms with E-state index in [1.807, 2.05) is 6.20 Å². The minimum absolute atomic E-state index is 0.0555. The molecule has 3 heteroatoms. The van der Waals surface area contributed by atoms with Crippen LogP contribution < -0.4 is 5.32 Å². The van der Waals surface area contributed by atoms with Crippen LogP contribution in [0.4, 0.5) is 0 Å². The molecule has 0 saturated heterocycles. The summed E-state index contributed by atoms with van der Waals surface area (Å²) in [7, 11) is 0. The van der Waals surface area contributed by atoms with E-state index >= 15 is 0 Å². The highest BCUT2D eigenvalue weighted by Crippen LogP contribution is 2.20. The van der Waals surface area contributed by atoms with Gasteiger partial charge in [0.05, 0.1) is 0 Å². The molecule has 0 atom stereocenters. The van der Waals surface area contributed by atoms with Gasteiger partial charge in [0.2, 0.25) is 0 Å². The minimum Gasteiger partial charge on any atom is -0.312 e. The molecule has 76 valence electrons. The Balaban J connectivity index is 2.39. The quantitative estimate of drug-likeness (QED) is 0.674. The van der Waals surface area contributed by atoms with Crippen LogP contribution in [0.5, 0.6) is 0 Å². The second-order valence-electron chi connectivity index (χ2n) is 4.84. The van der Waals surface area contributed by atoms with Crippen LogP contribution in [0, 0.1) is 0 Å². The SMILES string of the molecule is CC(C)(C)c1ncc2c(n1)CCNC2. The zero-order chi connectivity index (χ0) is 10.2. The summed E-state index contributed by atoms with van der Waals surface area (Å²) in [5, 5.41) is 3.32. The molecule has 0 fully saturated rings. The Morgan fingerprint density at radius 3 is 2.86 bits per heavy atom. The molecular weight excluding hydrogens is 174 g/mol. The number of hydrogen-bond acceptors (Lipinski definition) is 3. The average Bonchev–Trinajstić information content (AvgIpc) is 2.16. The highest BCUT2D eigenvalue weighted by atomic mass is 14.9. The molecule has 0 amide bonds. The first-order chi connectivity index (χ1) is 6.57. The topological polar surface area (TPSA) is 37.8 Å². The van der Waals surface area contributed by atoms with Crippen LogP contribution in [0.3, 0.4) is 0 Å². The number of rotatable bonds is 0. The highest BCUT2D eigenvalue weighted by molar-refractivity contribution is 5.21. The van der Waals surface area contributed by atoms with E-state index in [-0.39, 0.29) is 5.41 Å². The van der Waals surface area contributed by atoms with Crippen molar-refractivity contribution in [2.45, 2.75) is 39.2 Å². The second kappa shape index (κ2) is 3.31. The Hall–Kier alpha value is -0.960. The first-order valence-corrected chi connectivity index (χ1v) is 5.13. The number of nitrogens with zero attached hydrogens (tertiary/aromatic N) is 2. The Kier molecular flexibility index (Phi) is 2.27. The molecule has 1 aromatic heterocycles. The molecule has 0 unspecified atom stereocenters. The van der Waals surface area contributed by atoms with Crippen molar-refractivity contribution in [1.82, 2.24) is 15.3 Å². The van der Waals surface area contributed by atoms with Gasteiger partial charge in [-0.05, 0) is 0 Å². The largest absolute Gasteiger partial charge is 0.312 e. The van der Waals surface area contributed by atoms with Crippen molar-refractivity contribution in [3.05, 3.63) is 23.3 Å². The summed E-state index contributed by atoms with van der Waals surface area (Å²) in [4.78, 5) is 9.05. The molecule has 0 aliphatic carbocycles. The summed E-state index contributed by atoms with van der Waals surface area (Å²) < 4.78 is 0. The summed E-state index contributed by atoms with van der Waals surface area (Å²) in [6, 6.07) is 0. The lowest BCUT2D eigenvalue weighted by atomic mass is 9.95. The molecular formula is C11H17N3. The maximum atomic E-state index is 4.63. The average molecular weight is 191 g/mol. The lowest BCUT2D eigenvalue weighted by Crippen LogP contribution is -2.27. The van der Waals surface area contributed by atoms with Crippen LogP contribution in [0.1, 0.15) is 37.9 Å². The van der Waals surface area contributed by atoms with Crippen molar-refractivity contribution in [2.75, 3.05) is 6.54 Å². The minimum atomic E-state index is 0.0555. The number of hydrogen-bond donors (Lipinski definition) is 1. The van der Waals surface area contributed by atoms with Crippen LogP contribution in [0.2, 0.25) is 0 Å². The van der Waals surface area contributed by atoms with Crippen molar-refractivity contribution in [2.24, 2.45) is 0 Å². The van der Waals surface area contributed by atoms with Crippen molar-refractivity contribution in [3.8, 4) is 0 Å². The van der Waals surface area contributed by atoms with E-state index in [9.17, 15) is 0 Å². The van der Waals surface area contributed by atoms with E-state index < -0.39 is 0 Å². The van der Waals surface area contributed by atoms with Gasteiger partial charge in [-0.25, -0.2) is 9.97 Å². The fourth-order valence-electron chi connectivity index (χ4n) is 1.60. The van der Waals surface area contributed by atoms with Crippen LogP contribution in [-0.4, -0.2) is 16.5 Å². The Labute approximate surface area is 85.0 Å². The summed E-state index contributed by atoms with van der Waals surface area (Å²) in [6.07, 6.45) is 3.00. The third-order valence-electron chi connectivity index (χ3n) is 2.48. The highest BCUT2D eigenvalue weighted by Gasteiger charge is 2.19. The van der Waals surface area contributed by atoms with Gasteiger partial charge < -0.3 is 5.32 Å². The van der Waals surface area contributed by atoms with Crippen LogP contribution in [-0.2, 0) is 18.4 Å². The summed E-state index contributed by atoms with van der Waals surface area (Å²) in [6.45, 7) is 8.40. The lowest BCUT2D eigenvalue weighted by Gasteiger charge is -2.21. The van der Waals surface area contributed by atoms with E-state index in [2.05, 4.69) is 36.1 Å². The van der Waals surface area contributed by atoms with Gasteiger partial charge in [-0.3, -0.25) is 0 Å². The molecule has 0 bridgehead atoms.